The van der Waals surface area contributed by atoms with Gasteiger partial charge >= 0.3 is 0 Å². The van der Waals surface area contributed by atoms with Gasteiger partial charge in [-0.3, -0.25) is 4.79 Å². The molecule has 0 radical (unpaired) electrons. The van der Waals surface area contributed by atoms with E-state index in [1.165, 1.54) is 6.92 Å². The summed E-state index contributed by atoms with van der Waals surface area (Å²) in [6.45, 7) is 2.82. The number of carbonyl (C=O) groups excluding carboxylic acids is 1. The Morgan fingerprint density at radius 1 is 1.47 bits per heavy atom. The number of amides is 1. The third-order valence-corrected chi connectivity index (χ3v) is 3.97. The number of aliphatic hydroxyl groups is 1. The molecule has 1 unspecified atom stereocenters. The molecule has 0 saturated carbocycles. The van der Waals surface area contributed by atoms with Gasteiger partial charge in [0.1, 0.15) is 5.37 Å². The monoisotopic (exact) mass is 237 g/mol. The summed E-state index contributed by atoms with van der Waals surface area (Å²) in [7, 11) is -3.42. The molecule has 0 aliphatic carbocycles. The van der Waals surface area contributed by atoms with Crippen LogP contribution in [0.1, 0.15) is 33.1 Å². The first-order chi connectivity index (χ1) is 6.94. The molecule has 0 rings (SSSR count). The topological polar surface area (TPSA) is 83.5 Å². The number of unbranched alkanes of at least 4 members (excludes halogenated alkanes) is 1. The van der Waals surface area contributed by atoms with Crippen LogP contribution in [0.5, 0.6) is 0 Å². The molecule has 0 aromatic heterocycles. The van der Waals surface area contributed by atoms with E-state index < -0.39 is 21.8 Å². The Kier molecular flexibility index (Phi) is 6.51. The molecule has 0 spiro atoms. The second-order valence-electron chi connectivity index (χ2n) is 3.42. The van der Waals surface area contributed by atoms with Crippen LogP contribution in [0.2, 0.25) is 0 Å². The summed E-state index contributed by atoms with van der Waals surface area (Å²) in [6.07, 6.45) is 2.00. The summed E-state index contributed by atoms with van der Waals surface area (Å²) in [5, 5.41) is 10.2. The third-order valence-electron chi connectivity index (χ3n) is 1.99. The Morgan fingerprint density at radius 2 is 2.07 bits per heavy atom. The summed E-state index contributed by atoms with van der Waals surface area (Å²) in [5.41, 5.74) is 0. The highest BCUT2D eigenvalue weighted by atomic mass is 32.2. The van der Waals surface area contributed by atoms with Crippen molar-refractivity contribution in [1.82, 2.24) is 5.32 Å². The molecule has 0 fully saturated rings. The van der Waals surface area contributed by atoms with Crippen LogP contribution < -0.4 is 5.32 Å². The molecule has 6 heteroatoms. The number of nitrogens with one attached hydrogen (secondary N) is 1. The normalized spacial score (nSPS) is 13.5. The highest BCUT2D eigenvalue weighted by Crippen LogP contribution is 2.08. The average Bonchev–Trinajstić information content (AvgIpc) is 2.11. The number of hydrogen-bond acceptors (Lipinski definition) is 4. The smallest absolute Gasteiger partial charge is 0.217 e. The minimum atomic E-state index is -3.42. The number of aliphatic hydroxyl groups excluding tert-OH is 1. The van der Waals surface area contributed by atoms with E-state index >= 15 is 0 Å². The zero-order chi connectivity index (χ0) is 11.9. The van der Waals surface area contributed by atoms with E-state index in [1.807, 2.05) is 6.92 Å². The van der Waals surface area contributed by atoms with Crippen LogP contribution in [0.3, 0.4) is 0 Å². The van der Waals surface area contributed by atoms with E-state index in [0.29, 0.717) is 6.42 Å². The van der Waals surface area contributed by atoms with Crippen LogP contribution in [0.4, 0.5) is 0 Å². The van der Waals surface area contributed by atoms with Crippen LogP contribution in [0, 0.1) is 0 Å². The fourth-order valence-corrected chi connectivity index (χ4v) is 2.64. The van der Waals surface area contributed by atoms with Gasteiger partial charge in [0.05, 0.1) is 12.4 Å². The molecule has 2 N–H and O–H groups in total. The van der Waals surface area contributed by atoms with Crippen molar-refractivity contribution >= 4 is 15.7 Å². The molecule has 0 aromatic carbocycles. The van der Waals surface area contributed by atoms with Crippen molar-refractivity contribution in [2.24, 2.45) is 0 Å². The lowest BCUT2D eigenvalue weighted by Crippen LogP contribution is -2.41. The molecule has 0 heterocycles. The van der Waals surface area contributed by atoms with Crippen molar-refractivity contribution in [3.05, 3.63) is 0 Å². The number of sulfone groups is 1. The molecule has 0 saturated heterocycles. The molecular weight excluding hydrogens is 218 g/mol. The highest BCUT2D eigenvalue weighted by molar-refractivity contribution is 7.92. The predicted molar refractivity (Wildman–Crippen MR) is 58.0 cm³/mol. The molecular formula is C9H19NO4S. The zero-order valence-corrected chi connectivity index (χ0v) is 10.0. The number of hydrogen-bond donors (Lipinski definition) is 2. The molecule has 0 bridgehead atoms. The largest absolute Gasteiger partial charge is 0.395 e. The average molecular weight is 237 g/mol. The third kappa shape index (κ3) is 5.74. The molecule has 0 aromatic rings. The molecule has 0 aliphatic rings. The Hall–Kier alpha value is -0.620. The SMILES string of the molecule is CCCCC(NC(C)=O)S(=O)(=O)CCO. The maximum absolute atomic E-state index is 11.6. The molecule has 15 heavy (non-hydrogen) atoms. The van der Waals surface area contributed by atoms with E-state index in [2.05, 4.69) is 5.32 Å². The molecule has 5 nitrogen and oxygen atoms in total. The second kappa shape index (κ2) is 6.79. The zero-order valence-electron chi connectivity index (χ0n) is 9.19. The van der Waals surface area contributed by atoms with Gasteiger partial charge in [0.15, 0.2) is 9.84 Å². The first kappa shape index (κ1) is 14.4. The van der Waals surface area contributed by atoms with Gasteiger partial charge in [-0.15, -0.1) is 0 Å². The number of carbonyl (C=O) groups is 1. The van der Waals surface area contributed by atoms with Gasteiger partial charge in [-0.2, -0.15) is 0 Å². The Morgan fingerprint density at radius 3 is 2.47 bits per heavy atom. The van der Waals surface area contributed by atoms with Crippen molar-refractivity contribution in [2.75, 3.05) is 12.4 Å². The van der Waals surface area contributed by atoms with E-state index in [4.69, 9.17) is 5.11 Å². The quantitative estimate of drug-likeness (QED) is 0.655. The lowest BCUT2D eigenvalue weighted by Gasteiger charge is -2.17. The minimum absolute atomic E-state index is 0.304. The number of rotatable bonds is 7. The van der Waals surface area contributed by atoms with Gasteiger partial charge in [0, 0.05) is 6.92 Å². The molecule has 90 valence electrons. The van der Waals surface area contributed by atoms with Crippen LogP contribution >= 0.6 is 0 Å². The lowest BCUT2D eigenvalue weighted by atomic mass is 10.2. The van der Waals surface area contributed by atoms with Crippen molar-refractivity contribution in [2.45, 2.75) is 38.5 Å². The van der Waals surface area contributed by atoms with E-state index in [0.717, 1.165) is 12.8 Å². The molecule has 1 atom stereocenters. The Bertz CT molecular complexity index is 286. The summed E-state index contributed by atoms with van der Waals surface area (Å²) in [6, 6.07) is 0. The first-order valence-corrected chi connectivity index (χ1v) is 6.75. The molecule has 1 amide bonds. The Labute approximate surface area is 90.8 Å². The summed E-state index contributed by atoms with van der Waals surface area (Å²) < 4.78 is 23.2. The van der Waals surface area contributed by atoms with Crippen LogP contribution in [-0.2, 0) is 14.6 Å². The van der Waals surface area contributed by atoms with Crippen molar-refractivity contribution in [1.29, 1.82) is 0 Å². The second-order valence-corrected chi connectivity index (χ2v) is 5.72. The Balaban J connectivity index is 4.53. The first-order valence-electron chi connectivity index (χ1n) is 5.03. The fourth-order valence-electron chi connectivity index (χ4n) is 1.23. The van der Waals surface area contributed by atoms with Crippen molar-refractivity contribution in [3.63, 3.8) is 0 Å². The van der Waals surface area contributed by atoms with Gasteiger partial charge in [-0.1, -0.05) is 19.8 Å². The van der Waals surface area contributed by atoms with Gasteiger partial charge in [-0.25, -0.2) is 8.42 Å². The fraction of sp³-hybridized carbons (Fsp3) is 0.889. The van der Waals surface area contributed by atoms with Gasteiger partial charge in [0.25, 0.3) is 0 Å². The van der Waals surface area contributed by atoms with Crippen LogP contribution in [0.15, 0.2) is 0 Å². The van der Waals surface area contributed by atoms with Crippen LogP contribution in [-0.4, -0.2) is 37.2 Å². The molecule has 0 aliphatic heterocycles. The van der Waals surface area contributed by atoms with E-state index in [9.17, 15) is 13.2 Å². The van der Waals surface area contributed by atoms with Gasteiger partial charge in [-0.05, 0) is 6.42 Å². The maximum Gasteiger partial charge on any atom is 0.217 e. The summed E-state index contributed by atoms with van der Waals surface area (Å²) in [5.74, 6) is -0.667. The summed E-state index contributed by atoms with van der Waals surface area (Å²) >= 11 is 0. The minimum Gasteiger partial charge on any atom is -0.395 e. The predicted octanol–water partition coefficient (Wildman–Crippen LogP) is 0.0459. The van der Waals surface area contributed by atoms with Crippen LogP contribution in [0.25, 0.3) is 0 Å². The van der Waals surface area contributed by atoms with Crippen molar-refractivity contribution in [3.8, 4) is 0 Å². The van der Waals surface area contributed by atoms with E-state index in [1.54, 1.807) is 0 Å². The summed E-state index contributed by atoms with van der Waals surface area (Å²) in [4.78, 5) is 10.8. The highest BCUT2D eigenvalue weighted by Gasteiger charge is 2.24. The maximum atomic E-state index is 11.6. The lowest BCUT2D eigenvalue weighted by molar-refractivity contribution is -0.119. The van der Waals surface area contributed by atoms with Crippen molar-refractivity contribution < 1.29 is 18.3 Å². The standard InChI is InChI=1S/C9H19NO4S/c1-3-4-5-9(10-8(2)12)15(13,14)7-6-11/h9,11H,3-7H2,1-2H3,(H,10,12). The van der Waals surface area contributed by atoms with Gasteiger partial charge < -0.3 is 10.4 Å². The van der Waals surface area contributed by atoms with Gasteiger partial charge in [0.2, 0.25) is 5.91 Å². The van der Waals surface area contributed by atoms with E-state index in [-0.39, 0.29) is 11.7 Å².